The van der Waals surface area contributed by atoms with Gasteiger partial charge in [0.1, 0.15) is 12.3 Å². The third kappa shape index (κ3) is 3.31. The first kappa shape index (κ1) is 16.7. The molecule has 0 spiro atoms. The summed E-state index contributed by atoms with van der Waals surface area (Å²) < 4.78 is 12.9. The molecule has 7 nitrogen and oxygen atoms in total. The molecule has 1 aliphatic heterocycles. The zero-order valence-corrected chi connectivity index (χ0v) is 14.6. The van der Waals surface area contributed by atoms with Gasteiger partial charge >= 0.3 is 11.4 Å². The lowest BCUT2D eigenvalue weighted by atomic mass is 10.1. The minimum absolute atomic E-state index is 0.194. The van der Waals surface area contributed by atoms with Gasteiger partial charge in [-0.25, -0.2) is 4.98 Å². The van der Waals surface area contributed by atoms with Gasteiger partial charge < -0.3 is 14.5 Å². The van der Waals surface area contributed by atoms with Crippen LogP contribution in [0, 0.1) is 0 Å². The molecule has 0 aliphatic carbocycles. The Morgan fingerprint density at radius 3 is 2.96 bits per heavy atom. The van der Waals surface area contributed by atoms with Crippen LogP contribution in [-0.2, 0) is 16.1 Å². The van der Waals surface area contributed by atoms with Crippen molar-refractivity contribution >= 4 is 11.1 Å². The van der Waals surface area contributed by atoms with Crippen molar-refractivity contribution in [2.24, 2.45) is 0 Å². The third-order valence-electron chi connectivity index (χ3n) is 4.46. The molecule has 0 saturated heterocycles. The van der Waals surface area contributed by atoms with Crippen molar-refractivity contribution in [2.75, 3.05) is 13.2 Å². The van der Waals surface area contributed by atoms with E-state index in [-0.39, 0.29) is 11.7 Å². The monoisotopic (exact) mass is 353 g/mol. The molecule has 3 aromatic rings. The van der Waals surface area contributed by atoms with Crippen molar-refractivity contribution in [3.05, 3.63) is 70.2 Å². The van der Waals surface area contributed by atoms with Gasteiger partial charge in [-0.1, -0.05) is 39.9 Å². The summed E-state index contributed by atoms with van der Waals surface area (Å²) in [4.78, 5) is 18.4. The van der Waals surface area contributed by atoms with Gasteiger partial charge in [0, 0.05) is 12.0 Å². The number of benzene rings is 1. The smallest absolute Gasteiger partial charge is 0.308 e. The predicted octanol–water partition coefficient (Wildman–Crippen LogP) is 1.92. The quantitative estimate of drug-likeness (QED) is 0.687. The molecule has 134 valence electrons. The molecule has 3 heterocycles. The molecule has 0 radical (unpaired) electrons. The second-order valence-electron chi connectivity index (χ2n) is 6.27. The standard InChI is InChI=1S/C19H20N4O3/c1-13(26-12-14-5-3-2-4-6-14)17-21-19(24)16-11-20-18(23(16)22-17)15-7-9-25-10-8-15/h2-7,11,13H,8-10,12H2,1H3,(H,21,22,24)/p+1. The summed E-state index contributed by atoms with van der Waals surface area (Å²) in [5.41, 5.74) is 2.45. The van der Waals surface area contributed by atoms with Crippen LogP contribution in [0.4, 0.5) is 0 Å². The van der Waals surface area contributed by atoms with E-state index in [1.54, 1.807) is 10.7 Å². The van der Waals surface area contributed by atoms with Gasteiger partial charge in [0.15, 0.2) is 5.82 Å². The lowest BCUT2D eigenvalue weighted by Gasteiger charge is -2.12. The van der Waals surface area contributed by atoms with E-state index in [4.69, 9.17) is 9.47 Å². The zero-order valence-electron chi connectivity index (χ0n) is 14.6. The number of nitrogens with one attached hydrogen (secondary N) is 2. The Bertz CT molecular complexity index is 991. The number of imidazole rings is 1. The predicted molar refractivity (Wildman–Crippen MR) is 95.4 cm³/mol. The fourth-order valence-corrected chi connectivity index (χ4v) is 2.99. The molecule has 1 atom stereocenters. The normalized spacial score (nSPS) is 15.8. The van der Waals surface area contributed by atoms with Gasteiger partial charge in [0.2, 0.25) is 0 Å². The van der Waals surface area contributed by atoms with Crippen LogP contribution in [0.3, 0.4) is 0 Å². The van der Waals surface area contributed by atoms with E-state index in [9.17, 15) is 4.79 Å². The maximum atomic E-state index is 12.4. The second-order valence-corrected chi connectivity index (χ2v) is 6.27. The summed E-state index contributed by atoms with van der Waals surface area (Å²) in [6, 6.07) is 9.92. The van der Waals surface area contributed by atoms with Gasteiger partial charge in [-0.05, 0) is 18.6 Å². The molecule has 4 rings (SSSR count). The molecule has 1 unspecified atom stereocenters. The van der Waals surface area contributed by atoms with Crippen LogP contribution in [0.2, 0.25) is 0 Å². The van der Waals surface area contributed by atoms with Crippen LogP contribution in [0.5, 0.6) is 0 Å². The van der Waals surface area contributed by atoms with E-state index < -0.39 is 0 Å². The second kappa shape index (κ2) is 7.23. The molecule has 2 N–H and O–H groups in total. The number of rotatable bonds is 5. The Kier molecular flexibility index (Phi) is 4.64. The SMILES string of the molecule is CC(OCc1ccccc1)c1n[n+]2c(C3=CCOCC3)[nH]cc2c(=O)[nH]1. The molecule has 0 saturated carbocycles. The van der Waals surface area contributed by atoms with Crippen LogP contribution >= 0.6 is 0 Å². The van der Waals surface area contributed by atoms with Gasteiger partial charge in [0.25, 0.3) is 5.52 Å². The third-order valence-corrected chi connectivity index (χ3v) is 4.46. The van der Waals surface area contributed by atoms with Crippen molar-refractivity contribution in [1.29, 1.82) is 0 Å². The van der Waals surface area contributed by atoms with Gasteiger partial charge in [-0.2, -0.15) is 0 Å². The summed E-state index contributed by atoms with van der Waals surface area (Å²) in [6.07, 6.45) is 4.13. The van der Waals surface area contributed by atoms with E-state index in [2.05, 4.69) is 15.1 Å². The average Bonchev–Trinajstić information content (AvgIpc) is 3.12. The molecule has 0 bridgehead atoms. The molecule has 1 aromatic carbocycles. The van der Waals surface area contributed by atoms with Gasteiger partial charge in [0.05, 0.1) is 19.8 Å². The molecule has 0 fully saturated rings. The van der Waals surface area contributed by atoms with E-state index in [0.29, 0.717) is 31.2 Å². The van der Waals surface area contributed by atoms with Crippen molar-refractivity contribution < 1.29 is 14.0 Å². The van der Waals surface area contributed by atoms with Crippen molar-refractivity contribution in [1.82, 2.24) is 15.1 Å². The van der Waals surface area contributed by atoms with E-state index in [1.807, 2.05) is 43.3 Å². The molecule has 2 aromatic heterocycles. The summed E-state index contributed by atoms with van der Waals surface area (Å²) in [5.74, 6) is 1.31. The molecule has 7 heteroatoms. The Morgan fingerprint density at radius 1 is 1.35 bits per heavy atom. The first-order valence-corrected chi connectivity index (χ1v) is 8.68. The van der Waals surface area contributed by atoms with Crippen LogP contribution in [0.1, 0.15) is 36.7 Å². The van der Waals surface area contributed by atoms with Crippen molar-refractivity contribution in [3.8, 4) is 0 Å². The topological polar surface area (TPSA) is 84.1 Å². The number of aromatic amines is 2. The minimum Gasteiger partial charge on any atom is -0.377 e. The number of hydrogen-bond acceptors (Lipinski definition) is 4. The molecule has 1 aliphatic rings. The van der Waals surface area contributed by atoms with E-state index in [1.165, 1.54) is 0 Å². The van der Waals surface area contributed by atoms with Gasteiger partial charge in [-0.15, -0.1) is 0 Å². The Balaban J connectivity index is 1.63. The number of ether oxygens (including phenoxy) is 2. The van der Waals surface area contributed by atoms with E-state index in [0.717, 1.165) is 23.4 Å². The summed E-state index contributed by atoms with van der Waals surface area (Å²) in [6.45, 7) is 3.58. The van der Waals surface area contributed by atoms with Gasteiger partial charge in [-0.3, -0.25) is 4.79 Å². The largest absolute Gasteiger partial charge is 0.377 e. The van der Waals surface area contributed by atoms with Crippen LogP contribution in [0.25, 0.3) is 11.1 Å². The molecular weight excluding hydrogens is 332 g/mol. The fourth-order valence-electron chi connectivity index (χ4n) is 2.99. The molecule has 0 amide bonds. The van der Waals surface area contributed by atoms with Crippen molar-refractivity contribution in [3.63, 3.8) is 0 Å². The van der Waals surface area contributed by atoms with E-state index >= 15 is 0 Å². The summed E-state index contributed by atoms with van der Waals surface area (Å²) in [5, 5.41) is 4.61. The molecular formula is C19H21N4O3+. The van der Waals surface area contributed by atoms with Crippen LogP contribution in [0.15, 0.2) is 47.4 Å². The lowest BCUT2D eigenvalue weighted by molar-refractivity contribution is -0.585. The van der Waals surface area contributed by atoms with Crippen LogP contribution < -0.4 is 10.1 Å². The number of fused-ring (bicyclic) bond motifs is 1. The first-order valence-electron chi connectivity index (χ1n) is 8.68. The zero-order chi connectivity index (χ0) is 17.9. The number of nitrogens with zero attached hydrogens (tertiary/aromatic N) is 2. The van der Waals surface area contributed by atoms with Crippen molar-refractivity contribution in [2.45, 2.75) is 26.1 Å². The Hall–Kier alpha value is -2.77. The maximum Gasteiger partial charge on any atom is 0.308 e. The summed E-state index contributed by atoms with van der Waals surface area (Å²) in [7, 11) is 0. The number of hydrogen-bond donors (Lipinski definition) is 2. The first-order chi connectivity index (χ1) is 12.7. The Morgan fingerprint density at radius 2 is 2.19 bits per heavy atom. The summed E-state index contributed by atoms with van der Waals surface area (Å²) >= 11 is 0. The van der Waals surface area contributed by atoms with Crippen LogP contribution in [-0.4, -0.2) is 28.3 Å². The fraction of sp³-hybridized carbons (Fsp3) is 0.316. The number of H-pyrrole nitrogens is 2. The highest BCUT2D eigenvalue weighted by Crippen LogP contribution is 2.17. The highest BCUT2D eigenvalue weighted by Gasteiger charge is 2.23. The molecule has 26 heavy (non-hydrogen) atoms. The average molecular weight is 353 g/mol. The maximum absolute atomic E-state index is 12.4. The minimum atomic E-state index is -0.341. The highest BCUT2D eigenvalue weighted by molar-refractivity contribution is 5.59. The lowest BCUT2D eigenvalue weighted by Crippen LogP contribution is -2.37. The number of aromatic nitrogens is 4. The Labute approximate surface area is 150 Å². The highest BCUT2D eigenvalue weighted by atomic mass is 16.5.